The lowest BCUT2D eigenvalue weighted by Crippen LogP contribution is -2.39. The van der Waals surface area contributed by atoms with Gasteiger partial charge in [-0.25, -0.2) is 8.42 Å². The van der Waals surface area contributed by atoms with Gasteiger partial charge in [-0.05, 0) is 26.3 Å². The molecule has 2 saturated heterocycles. The summed E-state index contributed by atoms with van der Waals surface area (Å²) in [4.78, 5) is 2.35. The minimum Gasteiger partial charge on any atom is -0.299 e. The molecule has 15 heavy (non-hydrogen) atoms. The standard InChI is InChI=1S/C9H17BrN2O2S/c1-11-8-2-3-9(11)6-12(5-4-8)15(13,14)7-10/h8-9H,2-7H2,1H3. The molecule has 0 aliphatic carbocycles. The van der Waals surface area contributed by atoms with E-state index in [1.165, 1.54) is 6.42 Å². The zero-order chi connectivity index (χ0) is 11.1. The average Bonchev–Trinajstić information content (AvgIpc) is 2.40. The van der Waals surface area contributed by atoms with Crippen LogP contribution >= 0.6 is 15.9 Å². The maximum atomic E-state index is 11.8. The van der Waals surface area contributed by atoms with Crippen LogP contribution in [0.4, 0.5) is 0 Å². The third-order valence-corrected chi connectivity index (χ3v) is 6.77. The van der Waals surface area contributed by atoms with Gasteiger partial charge < -0.3 is 0 Å². The van der Waals surface area contributed by atoms with E-state index in [1.807, 2.05) is 0 Å². The highest BCUT2D eigenvalue weighted by Crippen LogP contribution is 2.29. The van der Waals surface area contributed by atoms with Crippen LogP contribution in [0.5, 0.6) is 0 Å². The topological polar surface area (TPSA) is 40.6 Å². The van der Waals surface area contributed by atoms with E-state index in [9.17, 15) is 8.42 Å². The van der Waals surface area contributed by atoms with Crippen molar-refractivity contribution in [3.8, 4) is 0 Å². The van der Waals surface area contributed by atoms with Crippen molar-refractivity contribution in [3.63, 3.8) is 0 Å². The van der Waals surface area contributed by atoms with Crippen LogP contribution in [-0.4, -0.2) is 54.5 Å². The lowest BCUT2D eigenvalue weighted by molar-refractivity contribution is 0.247. The Kier molecular flexibility index (Phi) is 3.40. The number of likely N-dealkylation sites (N-methyl/N-ethyl adjacent to an activating group) is 1. The molecule has 2 heterocycles. The Labute approximate surface area is 99.8 Å². The lowest BCUT2D eigenvalue weighted by Gasteiger charge is -2.24. The van der Waals surface area contributed by atoms with Gasteiger partial charge in [0.15, 0.2) is 0 Å². The molecule has 0 spiro atoms. The molecule has 88 valence electrons. The molecule has 0 aromatic rings. The number of sulfonamides is 1. The zero-order valence-corrected chi connectivity index (χ0v) is 11.3. The van der Waals surface area contributed by atoms with Crippen molar-refractivity contribution in [1.29, 1.82) is 0 Å². The Morgan fingerprint density at radius 3 is 2.60 bits per heavy atom. The van der Waals surface area contributed by atoms with Gasteiger partial charge in [-0.2, -0.15) is 4.31 Å². The quantitative estimate of drug-likeness (QED) is 0.709. The van der Waals surface area contributed by atoms with Gasteiger partial charge in [0.1, 0.15) is 4.66 Å². The molecule has 2 aliphatic rings. The molecule has 2 atom stereocenters. The van der Waals surface area contributed by atoms with Gasteiger partial charge in [-0.3, -0.25) is 4.90 Å². The van der Waals surface area contributed by atoms with Gasteiger partial charge in [0.25, 0.3) is 0 Å². The molecule has 2 unspecified atom stereocenters. The third-order valence-electron chi connectivity index (χ3n) is 3.64. The third kappa shape index (κ3) is 2.23. The smallest absolute Gasteiger partial charge is 0.224 e. The molecule has 0 aromatic heterocycles. The minimum absolute atomic E-state index is 0.0428. The minimum atomic E-state index is -3.07. The Balaban J connectivity index is 2.13. The molecular formula is C9H17BrN2O2S. The molecule has 2 fully saturated rings. The molecule has 2 bridgehead atoms. The van der Waals surface area contributed by atoms with Crippen LogP contribution < -0.4 is 0 Å². The second kappa shape index (κ2) is 4.31. The predicted octanol–water partition coefficient (Wildman–Crippen LogP) is 0.837. The van der Waals surface area contributed by atoms with Gasteiger partial charge in [0.2, 0.25) is 10.0 Å². The summed E-state index contributed by atoms with van der Waals surface area (Å²) in [6.07, 6.45) is 3.33. The highest BCUT2D eigenvalue weighted by Gasteiger charge is 2.37. The lowest BCUT2D eigenvalue weighted by atomic mass is 10.1. The fraction of sp³-hybridized carbons (Fsp3) is 1.00. The van der Waals surface area contributed by atoms with Crippen LogP contribution in [0, 0.1) is 0 Å². The van der Waals surface area contributed by atoms with Gasteiger partial charge >= 0.3 is 0 Å². The maximum absolute atomic E-state index is 11.8. The summed E-state index contributed by atoms with van der Waals surface area (Å²) in [5.41, 5.74) is 0. The number of hydrogen-bond acceptors (Lipinski definition) is 3. The van der Waals surface area contributed by atoms with Crippen LogP contribution in [-0.2, 0) is 10.0 Å². The van der Waals surface area contributed by atoms with E-state index in [0.717, 1.165) is 12.8 Å². The van der Waals surface area contributed by atoms with Crippen LogP contribution in [0.2, 0.25) is 0 Å². The molecule has 4 nitrogen and oxygen atoms in total. The van der Waals surface area contributed by atoms with Gasteiger partial charge in [-0.15, -0.1) is 0 Å². The Hall–Kier alpha value is 0.350. The maximum Gasteiger partial charge on any atom is 0.224 e. The van der Waals surface area contributed by atoms with Crippen LogP contribution in [0.15, 0.2) is 0 Å². The highest BCUT2D eigenvalue weighted by molar-refractivity contribution is 9.10. The average molecular weight is 297 g/mol. The number of alkyl halides is 1. The van der Waals surface area contributed by atoms with E-state index in [-0.39, 0.29) is 4.66 Å². The van der Waals surface area contributed by atoms with Crippen LogP contribution in [0.25, 0.3) is 0 Å². The van der Waals surface area contributed by atoms with E-state index in [1.54, 1.807) is 4.31 Å². The van der Waals surface area contributed by atoms with Crippen molar-refractivity contribution in [2.45, 2.75) is 31.3 Å². The normalized spacial score (nSPS) is 34.3. The first-order chi connectivity index (χ1) is 7.04. The largest absolute Gasteiger partial charge is 0.299 e. The fourth-order valence-corrected chi connectivity index (χ4v) is 4.39. The fourth-order valence-electron chi connectivity index (χ4n) is 2.60. The molecule has 0 N–H and O–H groups in total. The van der Waals surface area contributed by atoms with E-state index in [4.69, 9.17) is 0 Å². The molecule has 6 heteroatoms. The molecular weight excluding hydrogens is 280 g/mol. The summed E-state index contributed by atoms with van der Waals surface area (Å²) in [6.45, 7) is 1.35. The molecule has 0 radical (unpaired) electrons. The second-order valence-electron chi connectivity index (χ2n) is 4.42. The Morgan fingerprint density at radius 1 is 1.27 bits per heavy atom. The van der Waals surface area contributed by atoms with Gasteiger partial charge in [-0.1, -0.05) is 15.9 Å². The summed E-state index contributed by atoms with van der Waals surface area (Å²) in [5.74, 6) is 0. The summed E-state index contributed by atoms with van der Waals surface area (Å²) < 4.78 is 25.2. The van der Waals surface area contributed by atoms with Crippen molar-refractivity contribution in [2.24, 2.45) is 0 Å². The Morgan fingerprint density at radius 2 is 1.93 bits per heavy atom. The van der Waals surface area contributed by atoms with E-state index < -0.39 is 10.0 Å². The van der Waals surface area contributed by atoms with E-state index in [2.05, 4.69) is 27.9 Å². The first kappa shape index (κ1) is 11.8. The van der Waals surface area contributed by atoms with Crippen LogP contribution in [0.1, 0.15) is 19.3 Å². The van der Waals surface area contributed by atoms with E-state index >= 15 is 0 Å². The highest BCUT2D eigenvalue weighted by atomic mass is 79.9. The van der Waals surface area contributed by atoms with Crippen molar-refractivity contribution >= 4 is 26.0 Å². The number of rotatable bonds is 2. The van der Waals surface area contributed by atoms with Crippen molar-refractivity contribution in [3.05, 3.63) is 0 Å². The molecule has 0 saturated carbocycles. The zero-order valence-electron chi connectivity index (χ0n) is 8.89. The number of nitrogens with zero attached hydrogens (tertiary/aromatic N) is 2. The SMILES string of the molecule is CN1C2CCC1CN(S(=O)(=O)CBr)CC2. The summed E-state index contributed by atoms with van der Waals surface area (Å²) >= 11 is 3.06. The number of fused-ring (bicyclic) bond motifs is 2. The van der Waals surface area contributed by atoms with Crippen molar-refractivity contribution in [1.82, 2.24) is 9.21 Å². The summed E-state index contributed by atoms with van der Waals surface area (Å²) in [7, 11) is -0.949. The van der Waals surface area contributed by atoms with Crippen molar-refractivity contribution in [2.75, 3.05) is 24.8 Å². The first-order valence-corrected chi connectivity index (χ1v) is 8.03. The van der Waals surface area contributed by atoms with Crippen molar-refractivity contribution < 1.29 is 8.42 Å². The molecule has 0 amide bonds. The van der Waals surface area contributed by atoms with Gasteiger partial charge in [0.05, 0.1) is 0 Å². The van der Waals surface area contributed by atoms with Gasteiger partial charge in [0, 0.05) is 25.2 Å². The van der Waals surface area contributed by atoms with Crippen LogP contribution in [0.3, 0.4) is 0 Å². The first-order valence-electron chi connectivity index (χ1n) is 5.30. The summed E-state index contributed by atoms with van der Waals surface area (Å²) in [5, 5.41) is 0. The predicted molar refractivity (Wildman–Crippen MR) is 63.5 cm³/mol. The number of hydrogen-bond donors (Lipinski definition) is 0. The second-order valence-corrected chi connectivity index (χ2v) is 7.69. The monoisotopic (exact) mass is 296 g/mol. The molecule has 2 aliphatic heterocycles. The number of halogens is 1. The molecule has 0 aromatic carbocycles. The molecule has 2 rings (SSSR count). The summed E-state index contributed by atoms with van der Waals surface area (Å²) in [6, 6.07) is 1.01. The Bertz CT molecular complexity index is 333. The van der Waals surface area contributed by atoms with E-state index in [0.29, 0.717) is 25.2 Å².